The summed E-state index contributed by atoms with van der Waals surface area (Å²) in [4.78, 5) is 16.2. The van der Waals surface area contributed by atoms with E-state index in [9.17, 15) is 4.79 Å². The third-order valence-electron chi connectivity index (χ3n) is 5.50. The summed E-state index contributed by atoms with van der Waals surface area (Å²) in [5.74, 6) is -0.0676. The maximum atomic E-state index is 13.1. The lowest BCUT2D eigenvalue weighted by Gasteiger charge is -2.28. The first-order valence-electron chi connectivity index (χ1n) is 10.7. The third kappa shape index (κ3) is 4.30. The van der Waals surface area contributed by atoms with Gasteiger partial charge in [-0.3, -0.25) is 4.79 Å². The zero-order valence-electron chi connectivity index (χ0n) is 17.6. The van der Waals surface area contributed by atoms with Crippen LogP contribution in [-0.4, -0.2) is 42.0 Å². The number of hydrogen-bond acceptors (Lipinski definition) is 5. The van der Waals surface area contributed by atoms with Crippen LogP contribution in [0.5, 0.6) is 0 Å². The van der Waals surface area contributed by atoms with Crippen molar-refractivity contribution >= 4 is 22.2 Å². The van der Waals surface area contributed by atoms with Crippen LogP contribution in [0.3, 0.4) is 0 Å². The summed E-state index contributed by atoms with van der Waals surface area (Å²) in [6.07, 6.45) is 3.65. The van der Waals surface area contributed by atoms with Crippen molar-refractivity contribution in [1.82, 2.24) is 15.1 Å². The van der Waals surface area contributed by atoms with Crippen LogP contribution in [-0.2, 0) is 11.3 Å². The van der Waals surface area contributed by atoms with Crippen molar-refractivity contribution in [2.75, 3.05) is 31.2 Å². The number of rotatable bonds is 6. The lowest BCUT2D eigenvalue weighted by atomic mass is 10.1. The van der Waals surface area contributed by atoms with Gasteiger partial charge in [-0.15, -0.1) is 11.3 Å². The fraction of sp³-hybridized carbons (Fsp3) is 0.200. The van der Waals surface area contributed by atoms with E-state index in [4.69, 9.17) is 4.74 Å². The van der Waals surface area contributed by atoms with Gasteiger partial charge in [0.2, 0.25) is 0 Å². The van der Waals surface area contributed by atoms with E-state index in [1.165, 1.54) is 0 Å². The summed E-state index contributed by atoms with van der Waals surface area (Å²) in [6, 6.07) is 22.1. The zero-order chi connectivity index (χ0) is 21.8. The Bertz CT molecular complexity index is 1180. The Labute approximate surface area is 191 Å². The quantitative estimate of drug-likeness (QED) is 0.480. The molecule has 0 aliphatic carbocycles. The van der Waals surface area contributed by atoms with Gasteiger partial charge in [-0.25, -0.2) is 4.68 Å². The predicted octanol–water partition coefficient (Wildman–Crippen LogP) is 4.37. The van der Waals surface area contributed by atoms with E-state index in [0.29, 0.717) is 24.6 Å². The average Bonchev–Trinajstić information content (AvgIpc) is 3.55. The van der Waals surface area contributed by atoms with E-state index in [1.807, 2.05) is 65.5 Å². The number of amides is 1. The van der Waals surface area contributed by atoms with Crippen molar-refractivity contribution in [2.24, 2.45) is 0 Å². The van der Waals surface area contributed by atoms with Crippen molar-refractivity contribution in [2.45, 2.75) is 6.54 Å². The molecule has 0 atom stereocenters. The molecule has 2 aromatic heterocycles. The molecule has 0 saturated carbocycles. The van der Waals surface area contributed by atoms with Gasteiger partial charge in [0.15, 0.2) is 0 Å². The van der Waals surface area contributed by atoms with Crippen LogP contribution < -0.4 is 10.2 Å². The minimum Gasteiger partial charge on any atom is -0.378 e. The largest absolute Gasteiger partial charge is 0.378 e. The molecule has 0 unspecified atom stereocenters. The number of para-hydroxylation sites is 1. The molecule has 5 rings (SSSR count). The van der Waals surface area contributed by atoms with Gasteiger partial charge in [0.1, 0.15) is 0 Å². The van der Waals surface area contributed by atoms with Crippen molar-refractivity contribution in [3.8, 4) is 16.8 Å². The van der Waals surface area contributed by atoms with Gasteiger partial charge in [-0.2, -0.15) is 5.10 Å². The first-order chi connectivity index (χ1) is 15.8. The first-order valence-corrected chi connectivity index (χ1v) is 11.5. The zero-order valence-corrected chi connectivity index (χ0v) is 18.4. The fourth-order valence-corrected chi connectivity index (χ4v) is 5.03. The van der Waals surface area contributed by atoms with E-state index < -0.39 is 0 Å². The molecule has 7 heteroatoms. The lowest BCUT2D eigenvalue weighted by Crippen LogP contribution is -2.35. The number of anilines is 1. The molecule has 0 radical (unpaired) electrons. The van der Waals surface area contributed by atoms with Gasteiger partial charge < -0.3 is 15.0 Å². The van der Waals surface area contributed by atoms with Crippen LogP contribution in [0.4, 0.5) is 5.00 Å². The Morgan fingerprint density at radius 1 is 1.03 bits per heavy atom. The fourth-order valence-electron chi connectivity index (χ4n) is 3.88. The molecule has 4 aromatic rings. The molecule has 1 N–H and O–H groups in total. The number of morpholine rings is 1. The van der Waals surface area contributed by atoms with Crippen molar-refractivity contribution in [3.63, 3.8) is 0 Å². The summed E-state index contributed by atoms with van der Waals surface area (Å²) in [7, 11) is 0. The number of nitrogens with zero attached hydrogens (tertiary/aromatic N) is 3. The second-order valence-corrected chi connectivity index (χ2v) is 8.59. The van der Waals surface area contributed by atoms with Gasteiger partial charge >= 0.3 is 0 Å². The van der Waals surface area contributed by atoms with Gasteiger partial charge in [-0.1, -0.05) is 48.5 Å². The van der Waals surface area contributed by atoms with Crippen molar-refractivity contribution in [1.29, 1.82) is 0 Å². The highest BCUT2D eigenvalue weighted by atomic mass is 32.1. The van der Waals surface area contributed by atoms with Crippen LogP contribution in [0.15, 0.2) is 79.1 Å². The minimum atomic E-state index is -0.0676. The lowest BCUT2D eigenvalue weighted by molar-refractivity contribution is 0.0955. The summed E-state index contributed by atoms with van der Waals surface area (Å²) >= 11 is 1.55. The first kappa shape index (κ1) is 20.5. The Hall–Kier alpha value is -3.42. The van der Waals surface area contributed by atoms with Gasteiger partial charge in [0.25, 0.3) is 5.91 Å². The van der Waals surface area contributed by atoms with Crippen LogP contribution in [0.2, 0.25) is 0 Å². The topological polar surface area (TPSA) is 59.4 Å². The second-order valence-electron chi connectivity index (χ2n) is 7.56. The maximum absolute atomic E-state index is 13.1. The van der Waals surface area contributed by atoms with Crippen molar-refractivity contribution < 1.29 is 9.53 Å². The molecular formula is C25H24N4O2S. The van der Waals surface area contributed by atoms with Crippen molar-refractivity contribution in [3.05, 3.63) is 89.6 Å². The SMILES string of the molecule is O=C(NCc1ccccc1-n1cccn1)c1cc(-c2ccccc2)c(N2CCOCC2)s1. The van der Waals surface area contributed by atoms with Gasteiger partial charge in [0, 0.05) is 37.6 Å². The Morgan fingerprint density at radius 2 is 1.81 bits per heavy atom. The smallest absolute Gasteiger partial charge is 0.261 e. The number of hydrogen-bond donors (Lipinski definition) is 1. The number of carbonyl (C=O) groups excluding carboxylic acids is 1. The molecular weight excluding hydrogens is 420 g/mol. The highest BCUT2D eigenvalue weighted by Gasteiger charge is 2.22. The molecule has 3 heterocycles. The van der Waals surface area contributed by atoms with E-state index in [1.54, 1.807) is 17.5 Å². The third-order valence-corrected chi connectivity index (χ3v) is 6.70. The molecule has 162 valence electrons. The summed E-state index contributed by atoms with van der Waals surface area (Å²) < 4.78 is 7.34. The van der Waals surface area contributed by atoms with E-state index >= 15 is 0 Å². The Balaban J connectivity index is 1.39. The minimum absolute atomic E-state index is 0.0676. The number of thiophene rings is 1. The van der Waals surface area contributed by atoms with E-state index in [-0.39, 0.29) is 5.91 Å². The van der Waals surface area contributed by atoms with E-state index in [0.717, 1.165) is 40.5 Å². The van der Waals surface area contributed by atoms with Crippen LogP contribution >= 0.6 is 11.3 Å². The number of carbonyl (C=O) groups is 1. The summed E-state index contributed by atoms with van der Waals surface area (Å²) in [5.41, 5.74) is 4.19. The molecule has 1 saturated heterocycles. The molecule has 1 aliphatic heterocycles. The molecule has 6 nitrogen and oxygen atoms in total. The predicted molar refractivity (Wildman–Crippen MR) is 128 cm³/mol. The number of ether oxygens (including phenoxy) is 1. The monoisotopic (exact) mass is 444 g/mol. The van der Waals surface area contributed by atoms with E-state index in [2.05, 4.69) is 27.4 Å². The standard InChI is InChI=1S/C25H24N4O2S/c30-24(26-18-20-9-4-5-10-22(20)29-12-6-11-27-29)23-17-21(19-7-2-1-3-8-19)25(32-23)28-13-15-31-16-14-28/h1-12,17H,13-16,18H2,(H,26,30). The van der Waals surface area contributed by atoms with Crippen LogP contribution in [0.1, 0.15) is 15.2 Å². The van der Waals surface area contributed by atoms with Gasteiger partial charge in [-0.05, 0) is 29.3 Å². The number of nitrogens with one attached hydrogen (secondary N) is 1. The Kier molecular flexibility index (Phi) is 6.00. The normalized spacial score (nSPS) is 13.8. The molecule has 32 heavy (non-hydrogen) atoms. The van der Waals surface area contributed by atoms with Gasteiger partial charge in [0.05, 0.1) is 28.8 Å². The highest BCUT2D eigenvalue weighted by molar-refractivity contribution is 7.18. The number of aromatic nitrogens is 2. The molecule has 1 amide bonds. The molecule has 0 bridgehead atoms. The molecule has 1 fully saturated rings. The average molecular weight is 445 g/mol. The van der Waals surface area contributed by atoms with Crippen LogP contribution in [0.25, 0.3) is 16.8 Å². The number of benzene rings is 2. The highest BCUT2D eigenvalue weighted by Crippen LogP contribution is 2.39. The Morgan fingerprint density at radius 3 is 2.59 bits per heavy atom. The summed E-state index contributed by atoms with van der Waals surface area (Å²) in [6.45, 7) is 3.51. The molecule has 0 spiro atoms. The maximum Gasteiger partial charge on any atom is 0.261 e. The summed E-state index contributed by atoms with van der Waals surface area (Å²) in [5, 5.41) is 8.55. The second kappa shape index (κ2) is 9.38. The molecule has 1 aliphatic rings. The van der Waals surface area contributed by atoms with Crippen LogP contribution in [0, 0.1) is 0 Å². The molecule has 2 aromatic carbocycles.